The number of rotatable bonds is 13. The van der Waals surface area contributed by atoms with Gasteiger partial charge in [0, 0.05) is 75.1 Å². The molecule has 8 nitrogen and oxygen atoms in total. The summed E-state index contributed by atoms with van der Waals surface area (Å²) < 4.78 is 37.9. The summed E-state index contributed by atoms with van der Waals surface area (Å²) in [7, 11) is 1.54. The smallest absolute Gasteiger partial charge is 0.407 e. The highest BCUT2D eigenvalue weighted by Crippen LogP contribution is 2.46. The van der Waals surface area contributed by atoms with Gasteiger partial charge in [-0.3, -0.25) is 0 Å². The number of aromatic nitrogens is 2. The Morgan fingerprint density at radius 3 is 2.43 bits per heavy atom. The number of alkyl carbamates (subject to hydrolysis) is 1. The number of piperidine rings is 1. The minimum absolute atomic E-state index is 0.0984. The number of hydrogen-bond acceptors (Lipinski definition) is 6. The van der Waals surface area contributed by atoms with E-state index in [2.05, 4.69) is 44.6 Å². The molecule has 1 aromatic heterocycles. The summed E-state index contributed by atoms with van der Waals surface area (Å²) in [5.74, 6) is 0.363. The maximum atomic E-state index is 15.0. The number of benzene rings is 2. The predicted octanol–water partition coefficient (Wildman–Crippen LogP) is 6.30. The summed E-state index contributed by atoms with van der Waals surface area (Å²) in [5.41, 5.74) is 1.72. The van der Waals surface area contributed by atoms with E-state index < -0.39 is 29.2 Å². The number of nitrogens with one attached hydrogen (secondary N) is 1. The van der Waals surface area contributed by atoms with Crippen molar-refractivity contribution >= 4 is 11.8 Å². The van der Waals surface area contributed by atoms with E-state index in [1.165, 1.54) is 12.1 Å². The Morgan fingerprint density at radius 2 is 1.83 bits per heavy atom. The second kappa shape index (κ2) is 15.1. The van der Waals surface area contributed by atoms with Crippen LogP contribution in [0.15, 0.2) is 54.9 Å². The number of halogens is 2. The molecule has 0 bridgehead atoms. The largest absolute Gasteiger partial charge is 0.446 e. The lowest BCUT2D eigenvalue weighted by atomic mass is 9.63. The number of nitrogens with zero attached hydrogens (tertiary/aromatic N) is 5. The lowest BCUT2D eigenvalue weighted by molar-refractivity contribution is 0.0353. The van der Waals surface area contributed by atoms with Crippen LogP contribution in [0.4, 0.5) is 19.3 Å². The number of aryl methyl sites for hydroxylation is 1. The highest BCUT2D eigenvalue weighted by atomic mass is 19.1. The molecule has 0 radical (unpaired) electrons. The van der Waals surface area contributed by atoms with E-state index in [4.69, 9.17) is 10.00 Å². The van der Waals surface area contributed by atoms with Crippen LogP contribution in [0.2, 0.25) is 0 Å². The van der Waals surface area contributed by atoms with Crippen LogP contribution in [0.1, 0.15) is 62.9 Å². The Hall–Kier alpha value is -3.97. The average molecular weight is 633 g/mol. The van der Waals surface area contributed by atoms with E-state index >= 15 is 0 Å². The Morgan fingerprint density at radius 1 is 1.13 bits per heavy atom. The average Bonchev–Trinajstić information content (AvgIpc) is 3.49. The molecule has 2 aromatic carbocycles. The van der Waals surface area contributed by atoms with Gasteiger partial charge in [0.1, 0.15) is 23.6 Å². The standard InChI is InChI=1S/C36H46F2N6O2/c1-4-6-33(46-35(45)40-3)20-36(25-43-16-13-41-34(43)5-2,29-17-30(37)19-31(38)18-29)28-11-14-42(15-12-28)22-27-23-44(24-27)32-9-7-26(21-39)8-10-32/h7-10,13,16-19,27-28,33H,4-6,11-12,14-15,20,22-25H2,1-3H3,(H,40,45). The molecular formula is C36H46F2N6O2. The molecule has 2 saturated heterocycles. The van der Waals surface area contributed by atoms with Crippen molar-refractivity contribution in [3.63, 3.8) is 0 Å². The van der Waals surface area contributed by atoms with Gasteiger partial charge in [0.25, 0.3) is 0 Å². The van der Waals surface area contributed by atoms with E-state index in [9.17, 15) is 13.6 Å². The number of carbonyl (C=O) groups excluding carboxylic acids is 1. The topological polar surface area (TPSA) is 86.4 Å². The quantitative estimate of drug-likeness (QED) is 0.238. The third-order valence-electron chi connectivity index (χ3n) is 9.89. The molecule has 3 aromatic rings. The van der Waals surface area contributed by atoms with Crippen LogP contribution in [0.5, 0.6) is 0 Å². The fourth-order valence-corrected chi connectivity index (χ4v) is 7.57. The first kappa shape index (κ1) is 33.4. The Kier molecular flexibility index (Phi) is 10.9. The number of amides is 1. The zero-order valence-electron chi connectivity index (χ0n) is 27.2. The molecule has 0 aliphatic carbocycles. The van der Waals surface area contributed by atoms with Crippen LogP contribution in [-0.2, 0) is 23.1 Å². The Labute approximate surface area is 271 Å². The highest BCUT2D eigenvalue weighted by Gasteiger charge is 2.45. The molecule has 46 heavy (non-hydrogen) atoms. The van der Waals surface area contributed by atoms with Gasteiger partial charge in [-0.2, -0.15) is 5.26 Å². The van der Waals surface area contributed by atoms with Gasteiger partial charge >= 0.3 is 6.09 Å². The summed E-state index contributed by atoms with van der Waals surface area (Å²) in [6.07, 6.45) is 7.15. The molecule has 5 rings (SSSR count). The maximum Gasteiger partial charge on any atom is 0.407 e. The van der Waals surface area contributed by atoms with Gasteiger partial charge < -0.3 is 24.4 Å². The molecule has 2 aliphatic heterocycles. The summed E-state index contributed by atoms with van der Waals surface area (Å²) in [5, 5.41) is 11.7. The zero-order chi connectivity index (χ0) is 32.7. The van der Waals surface area contributed by atoms with Gasteiger partial charge in [0.2, 0.25) is 0 Å². The predicted molar refractivity (Wildman–Crippen MR) is 175 cm³/mol. The zero-order valence-corrected chi connectivity index (χ0v) is 27.2. The van der Waals surface area contributed by atoms with E-state index in [0.29, 0.717) is 36.4 Å². The molecule has 2 aliphatic rings. The molecule has 2 unspecified atom stereocenters. The van der Waals surface area contributed by atoms with Crippen LogP contribution in [0.3, 0.4) is 0 Å². The third kappa shape index (κ3) is 7.69. The van der Waals surface area contributed by atoms with Gasteiger partial charge in [-0.25, -0.2) is 18.6 Å². The number of ether oxygens (including phenoxy) is 1. The van der Waals surface area contributed by atoms with Gasteiger partial charge in [0.05, 0.1) is 11.6 Å². The van der Waals surface area contributed by atoms with Crippen molar-refractivity contribution < 1.29 is 18.3 Å². The van der Waals surface area contributed by atoms with E-state index in [1.54, 1.807) is 13.2 Å². The van der Waals surface area contributed by atoms with Crippen LogP contribution in [0.25, 0.3) is 0 Å². The van der Waals surface area contributed by atoms with Crippen molar-refractivity contribution in [3.8, 4) is 6.07 Å². The molecule has 2 fully saturated rings. The Balaban J connectivity index is 1.38. The molecule has 10 heteroatoms. The van der Waals surface area contributed by atoms with E-state index in [1.807, 2.05) is 30.5 Å². The molecule has 3 heterocycles. The van der Waals surface area contributed by atoms with Gasteiger partial charge in [-0.05, 0) is 86.7 Å². The van der Waals surface area contributed by atoms with Gasteiger partial charge in [0.15, 0.2) is 0 Å². The third-order valence-corrected chi connectivity index (χ3v) is 9.89. The van der Waals surface area contributed by atoms with Crippen LogP contribution < -0.4 is 10.2 Å². The van der Waals surface area contributed by atoms with Crippen molar-refractivity contribution in [3.05, 3.63) is 83.4 Å². The number of anilines is 1. The summed E-state index contributed by atoms with van der Waals surface area (Å²) >= 11 is 0. The lowest BCUT2D eigenvalue weighted by Crippen LogP contribution is -2.54. The SMILES string of the molecule is CCCC(CC(Cn1ccnc1CC)(c1cc(F)cc(F)c1)C1CCN(CC2CN(c3ccc(C#N)cc3)C2)CC1)OC(=O)NC. The molecule has 246 valence electrons. The van der Waals surface area contributed by atoms with Crippen LogP contribution in [-0.4, -0.2) is 66.4 Å². The van der Waals surface area contributed by atoms with E-state index in [-0.39, 0.29) is 5.92 Å². The fourth-order valence-electron chi connectivity index (χ4n) is 7.57. The van der Waals surface area contributed by atoms with Gasteiger partial charge in [-0.1, -0.05) is 20.3 Å². The van der Waals surface area contributed by atoms with E-state index in [0.717, 1.165) is 76.0 Å². The highest BCUT2D eigenvalue weighted by molar-refractivity contribution is 5.66. The summed E-state index contributed by atoms with van der Waals surface area (Å²) in [6, 6.07) is 13.8. The number of likely N-dealkylation sites (tertiary alicyclic amines) is 1. The second-order valence-electron chi connectivity index (χ2n) is 12.9. The van der Waals surface area contributed by atoms with Gasteiger partial charge in [-0.15, -0.1) is 0 Å². The number of carbonyl (C=O) groups is 1. The van der Waals surface area contributed by atoms with Crippen molar-refractivity contribution in [1.82, 2.24) is 19.8 Å². The molecule has 1 N–H and O–H groups in total. The fraction of sp³-hybridized carbons (Fsp3) is 0.528. The normalized spacial score (nSPS) is 18.0. The summed E-state index contributed by atoms with van der Waals surface area (Å²) in [6.45, 7) is 9.33. The molecule has 2 atom stereocenters. The second-order valence-corrected chi connectivity index (χ2v) is 12.9. The minimum atomic E-state index is -0.698. The maximum absolute atomic E-state index is 15.0. The molecule has 0 saturated carbocycles. The monoisotopic (exact) mass is 632 g/mol. The number of imidazole rings is 1. The summed E-state index contributed by atoms with van der Waals surface area (Å²) in [4.78, 5) is 21.9. The van der Waals surface area contributed by atoms with Crippen molar-refractivity contribution in [2.75, 3.05) is 44.7 Å². The Bertz CT molecular complexity index is 1470. The van der Waals surface area contributed by atoms with Crippen LogP contribution >= 0.6 is 0 Å². The molecular weight excluding hydrogens is 586 g/mol. The molecule has 0 spiro atoms. The first-order chi connectivity index (χ1) is 22.3. The van der Waals surface area contributed by atoms with Crippen molar-refractivity contribution in [2.24, 2.45) is 11.8 Å². The lowest BCUT2D eigenvalue weighted by Gasteiger charge is -2.49. The van der Waals surface area contributed by atoms with Crippen molar-refractivity contribution in [1.29, 1.82) is 5.26 Å². The minimum Gasteiger partial charge on any atom is -0.446 e. The number of nitriles is 1. The first-order valence-electron chi connectivity index (χ1n) is 16.6. The van der Waals surface area contributed by atoms with Crippen molar-refractivity contribution in [2.45, 2.75) is 70.4 Å². The van der Waals surface area contributed by atoms with Crippen LogP contribution in [0, 0.1) is 34.8 Å². The molecule has 1 amide bonds. The number of hydrogen-bond donors (Lipinski definition) is 1. The first-order valence-corrected chi connectivity index (χ1v) is 16.6.